The van der Waals surface area contributed by atoms with E-state index < -0.39 is 0 Å². The minimum atomic E-state index is 0.0446. The molecule has 0 saturated heterocycles. The van der Waals surface area contributed by atoms with Crippen LogP contribution in [-0.4, -0.2) is 10.8 Å². The van der Waals surface area contributed by atoms with Crippen LogP contribution in [0.3, 0.4) is 0 Å². The molecule has 2 nitrogen and oxygen atoms in total. The predicted molar refractivity (Wildman–Crippen MR) is 104 cm³/mol. The molecule has 2 aromatic rings. The zero-order chi connectivity index (χ0) is 18.8. The second kappa shape index (κ2) is 5.27. The van der Waals surface area contributed by atoms with Gasteiger partial charge in [-0.2, -0.15) is 0 Å². The highest BCUT2D eigenvalue weighted by Crippen LogP contribution is 2.61. The van der Waals surface area contributed by atoms with E-state index in [9.17, 15) is 4.79 Å². The number of nitrogens with zero attached hydrogens (tertiary/aromatic N) is 1. The van der Waals surface area contributed by atoms with Gasteiger partial charge in [-0.3, -0.25) is 9.78 Å². The van der Waals surface area contributed by atoms with Crippen molar-refractivity contribution >= 4 is 5.78 Å². The third-order valence-corrected chi connectivity index (χ3v) is 7.17. The molecular formula is C23H29NO. The summed E-state index contributed by atoms with van der Waals surface area (Å²) in [6.07, 6.45) is 1.84. The average molecular weight is 335 g/mol. The molecule has 0 atom stereocenters. The Morgan fingerprint density at radius 2 is 1.52 bits per heavy atom. The fraction of sp³-hybridized carbons (Fsp3) is 0.478. The first kappa shape index (κ1) is 17.8. The molecule has 0 aliphatic heterocycles. The Bertz CT molecular complexity index is 872. The van der Waals surface area contributed by atoms with E-state index in [-0.39, 0.29) is 22.0 Å². The van der Waals surface area contributed by atoms with Crippen LogP contribution >= 0.6 is 0 Å². The van der Waals surface area contributed by atoms with Gasteiger partial charge >= 0.3 is 0 Å². The first-order valence-corrected chi connectivity index (χ1v) is 9.04. The Morgan fingerprint density at radius 1 is 0.920 bits per heavy atom. The Morgan fingerprint density at radius 3 is 2.12 bits per heavy atom. The van der Waals surface area contributed by atoms with Crippen LogP contribution in [0.25, 0.3) is 11.3 Å². The van der Waals surface area contributed by atoms with Gasteiger partial charge in [0.2, 0.25) is 0 Å². The van der Waals surface area contributed by atoms with Crippen molar-refractivity contribution in [1.82, 2.24) is 4.98 Å². The molecule has 1 aromatic heterocycles. The van der Waals surface area contributed by atoms with E-state index in [4.69, 9.17) is 0 Å². The first-order valence-electron chi connectivity index (χ1n) is 9.04. The molecule has 0 fully saturated rings. The molecule has 0 N–H and O–H groups in total. The lowest BCUT2D eigenvalue weighted by molar-refractivity contribution is 0.101. The molecule has 25 heavy (non-hydrogen) atoms. The van der Waals surface area contributed by atoms with Gasteiger partial charge in [-0.15, -0.1) is 0 Å². The monoisotopic (exact) mass is 335 g/mol. The maximum atomic E-state index is 12.1. The van der Waals surface area contributed by atoms with E-state index >= 15 is 0 Å². The normalized spacial score (nSPS) is 19.5. The number of pyridine rings is 1. The highest BCUT2D eigenvalue weighted by atomic mass is 16.1. The predicted octanol–water partition coefficient (Wildman–Crippen LogP) is 5.85. The zero-order valence-corrected chi connectivity index (χ0v) is 16.7. The van der Waals surface area contributed by atoms with E-state index in [2.05, 4.69) is 64.7 Å². The second-order valence-electron chi connectivity index (χ2n) is 9.10. The second-order valence-corrected chi connectivity index (χ2v) is 9.10. The van der Waals surface area contributed by atoms with E-state index in [1.165, 1.54) is 11.1 Å². The molecular weight excluding hydrogens is 306 g/mol. The van der Waals surface area contributed by atoms with Gasteiger partial charge in [-0.1, -0.05) is 53.7 Å². The fourth-order valence-corrected chi connectivity index (χ4v) is 4.28. The number of rotatable bonds is 2. The molecule has 0 spiro atoms. The number of fused-ring (bicyclic) bond motifs is 1. The zero-order valence-electron chi connectivity index (χ0n) is 16.7. The van der Waals surface area contributed by atoms with Gasteiger partial charge in [0.1, 0.15) is 0 Å². The topological polar surface area (TPSA) is 30.0 Å². The summed E-state index contributed by atoms with van der Waals surface area (Å²) in [6, 6.07) is 8.57. The number of aryl methyl sites for hydroxylation is 1. The van der Waals surface area contributed by atoms with Crippen LogP contribution < -0.4 is 0 Å². The van der Waals surface area contributed by atoms with Crippen molar-refractivity contribution in [2.24, 2.45) is 5.41 Å². The standard InChI is InChI=1S/C23H29NO/c1-14-11-17(15(2)25)20(24-13-14)16-9-10-18-19(12-16)22(5,6)23(7,8)21(18,3)4/h9-13H,1-8H3. The number of Topliss-reactive ketones (excluding diaryl/α,β-unsaturated/α-hetero) is 1. The molecule has 3 rings (SSSR count). The highest BCUT2D eigenvalue weighted by Gasteiger charge is 2.56. The van der Waals surface area contributed by atoms with Crippen molar-refractivity contribution in [2.45, 2.75) is 66.2 Å². The van der Waals surface area contributed by atoms with Crippen LogP contribution in [0.15, 0.2) is 30.5 Å². The van der Waals surface area contributed by atoms with Gasteiger partial charge in [-0.25, -0.2) is 0 Å². The maximum Gasteiger partial charge on any atom is 0.162 e. The van der Waals surface area contributed by atoms with E-state index in [0.29, 0.717) is 5.56 Å². The third kappa shape index (κ3) is 2.30. The van der Waals surface area contributed by atoms with Crippen molar-refractivity contribution in [3.8, 4) is 11.3 Å². The van der Waals surface area contributed by atoms with Crippen molar-refractivity contribution in [1.29, 1.82) is 0 Å². The number of hydrogen-bond donors (Lipinski definition) is 0. The van der Waals surface area contributed by atoms with E-state index in [0.717, 1.165) is 16.8 Å². The molecule has 1 aliphatic rings. The Hall–Kier alpha value is -1.96. The van der Waals surface area contributed by atoms with Crippen LogP contribution in [0.5, 0.6) is 0 Å². The SMILES string of the molecule is CC(=O)c1cc(C)cnc1-c1ccc2c(c1)C(C)(C)C(C)(C)C2(C)C. The molecule has 0 bridgehead atoms. The smallest absolute Gasteiger partial charge is 0.162 e. The quantitative estimate of drug-likeness (QED) is 0.644. The number of aromatic nitrogens is 1. The lowest BCUT2D eigenvalue weighted by Crippen LogP contribution is -2.42. The minimum Gasteiger partial charge on any atom is -0.294 e. The third-order valence-electron chi connectivity index (χ3n) is 7.17. The summed E-state index contributed by atoms with van der Waals surface area (Å²) >= 11 is 0. The van der Waals surface area contributed by atoms with Crippen molar-refractivity contribution in [2.75, 3.05) is 0 Å². The summed E-state index contributed by atoms with van der Waals surface area (Å²) in [6.45, 7) is 17.6. The van der Waals surface area contributed by atoms with Gasteiger partial charge in [-0.05, 0) is 58.9 Å². The van der Waals surface area contributed by atoms with Crippen LogP contribution in [-0.2, 0) is 10.8 Å². The summed E-state index contributed by atoms with van der Waals surface area (Å²) in [5.74, 6) is 0.0617. The summed E-state index contributed by atoms with van der Waals surface area (Å²) < 4.78 is 0. The van der Waals surface area contributed by atoms with Gasteiger partial charge in [0.25, 0.3) is 0 Å². The highest BCUT2D eigenvalue weighted by molar-refractivity contribution is 6.00. The summed E-state index contributed by atoms with van der Waals surface area (Å²) in [4.78, 5) is 16.7. The van der Waals surface area contributed by atoms with Crippen LogP contribution in [0, 0.1) is 12.3 Å². The van der Waals surface area contributed by atoms with Crippen LogP contribution in [0.2, 0.25) is 0 Å². The fourth-order valence-electron chi connectivity index (χ4n) is 4.28. The molecule has 0 amide bonds. The lowest BCUT2D eigenvalue weighted by atomic mass is 9.59. The molecule has 1 heterocycles. The average Bonchev–Trinajstić information content (AvgIpc) is 2.63. The number of hydrogen-bond acceptors (Lipinski definition) is 2. The number of ketones is 1. The van der Waals surface area contributed by atoms with Crippen molar-refractivity contribution in [3.63, 3.8) is 0 Å². The molecule has 1 aliphatic carbocycles. The summed E-state index contributed by atoms with van der Waals surface area (Å²) in [5.41, 5.74) is 6.58. The molecule has 0 radical (unpaired) electrons. The van der Waals surface area contributed by atoms with Gasteiger partial charge in [0.15, 0.2) is 5.78 Å². The molecule has 0 unspecified atom stereocenters. The van der Waals surface area contributed by atoms with Crippen LogP contribution in [0.4, 0.5) is 0 Å². The van der Waals surface area contributed by atoms with Crippen LogP contribution in [0.1, 0.15) is 75.5 Å². The first-order chi connectivity index (χ1) is 11.4. The number of carbonyl (C=O) groups is 1. The van der Waals surface area contributed by atoms with E-state index in [1.807, 2.05) is 19.2 Å². The minimum absolute atomic E-state index is 0.0446. The number of carbonyl (C=O) groups excluding carboxylic acids is 1. The largest absolute Gasteiger partial charge is 0.294 e. The van der Waals surface area contributed by atoms with Crippen molar-refractivity contribution < 1.29 is 4.79 Å². The summed E-state index contributed by atoms with van der Waals surface area (Å²) in [5, 5.41) is 0. The van der Waals surface area contributed by atoms with E-state index in [1.54, 1.807) is 6.92 Å². The Kier molecular flexibility index (Phi) is 3.76. The van der Waals surface area contributed by atoms with Gasteiger partial charge < -0.3 is 0 Å². The Labute approximate surface area is 151 Å². The molecule has 2 heteroatoms. The Balaban J connectivity index is 2.25. The maximum absolute atomic E-state index is 12.1. The molecule has 0 saturated carbocycles. The van der Waals surface area contributed by atoms with Gasteiger partial charge in [0.05, 0.1) is 5.69 Å². The molecule has 1 aromatic carbocycles. The van der Waals surface area contributed by atoms with Gasteiger partial charge in [0, 0.05) is 17.3 Å². The molecule has 132 valence electrons. The van der Waals surface area contributed by atoms with Crippen molar-refractivity contribution in [3.05, 3.63) is 52.7 Å². The number of benzene rings is 1. The summed E-state index contributed by atoms with van der Waals surface area (Å²) in [7, 11) is 0. The lowest BCUT2D eigenvalue weighted by Gasteiger charge is -2.44.